The van der Waals surface area contributed by atoms with Crippen molar-refractivity contribution in [2.75, 3.05) is 7.11 Å². The third-order valence-electron chi connectivity index (χ3n) is 2.84. The molecule has 0 spiro atoms. The predicted octanol–water partition coefficient (Wildman–Crippen LogP) is 3.56. The summed E-state index contributed by atoms with van der Waals surface area (Å²) in [5.41, 5.74) is 2.57. The Bertz CT molecular complexity index is 560. The van der Waals surface area contributed by atoms with Crippen LogP contribution in [-0.4, -0.2) is 13.1 Å². The summed E-state index contributed by atoms with van der Waals surface area (Å²) in [5.74, 6) is -0.305. The molecular weight excluding hydrogens is 260 g/mol. The molecule has 100 valence electrons. The van der Waals surface area contributed by atoms with Crippen LogP contribution >= 0.6 is 11.3 Å². The molecular formula is C15H16O3S. The zero-order valence-electron chi connectivity index (χ0n) is 11.0. The second kappa shape index (κ2) is 6.50. The molecule has 0 N–H and O–H groups in total. The van der Waals surface area contributed by atoms with Gasteiger partial charge in [-0.2, -0.15) is 0 Å². The van der Waals surface area contributed by atoms with Crippen LogP contribution < -0.4 is 0 Å². The van der Waals surface area contributed by atoms with Crippen molar-refractivity contribution < 1.29 is 14.3 Å². The summed E-state index contributed by atoms with van der Waals surface area (Å²) in [6, 6.07) is 9.36. The highest BCUT2D eigenvalue weighted by Gasteiger charge is 2.13. The number of carbonyl (C=O) groups is 1. The van der Waals surface area contributed by atoms with Crippen LogP contribution in [0.2, 0.25) is 0 Å². The van der Waals surface area contributed by atoms with E-state index in [4.69, 9.17) is 9.47 Å². The predicted molar refractivity (Wildman–Crippen MR) is 75.3 cm³/mol. The van der Waals surface area contributed by atoms with E-state index in [9.17, 15) is 4.79 Å². The Kier molecular flexibility index (Phi) is 4.71. The maximum atomic E-state index is 12.1. The lowest BCUT2D eigenvalue weighted by Crippen LogP contribution is -2.08. The molecule has 1 aromatic heterocycles. The zero-order chi connectivity index (χ0) is 13.7. The van der Waals surface area contributed by atoms with Crippen LogP contribution in [0, 0.1) is 6.92 Å². The molecule has 3 nitrogen and oxygen atoms in total. The average molecular weight is 276 g/mol. The van der Waals surface area contributed by atoms with Crippen molar-refractivity contribution in [1.82, 2.24) is 0 Å². The third kappa shape index (κ3) is 3.43. The molecule has 0 atom stereocenters. The van der Waals surface area contributed by atoms with Gasteiger partial charge >= 0.3 is 5.97 Å². The average Bonchev–Trinajstić information content (AvgIpc) is 2.82. The molecule has 0 aliphatic carbocycles. The highest BCUT2D eigenvalue weighted by atomic mass is 32.1. The second-order valence-corrected chi connectivity index (χ2v) is 5.19. The van der Waals surface area contributed by atoms with Crippen molar-refractivity contribution in [2.45, 2.75) is 20.1 Å². The van der Waals surface area contributed by atoms with E-state index in [1.165, 1.54) is 0 Å². The van der Waals surface area contributed by atoms with Crippen molar-refractivity contribution in [1.29, 1.82) is 0 Å². The molecule has 4 heteroatoms. The van der Waals surface area contributed by atoms with E-state index in [0.29, 0.717) is 18.8 Å². The summed E-state index contributed by atoms with van der Waals surface area (Å²) in [6.07, 6.45) is 0. The number of hydrogen-bond donors (Lipinski definition) is 0. The molecule has 0 radical (unpaired) electrons. The summed E-state index contributed by atoms with van der Waals surface area (Å²) in [5, 5.41) is 2.00. The normalized spacial score (nSPS) is 10.4. The molecule has 2 rings (SSSR count). The quantitative estimate of drug-likeness (QED) is 0.783. The van der Waals surface area contributed by atoms with Gasteiger partial charge < -0.3 is 9.47 Å². The van der Waals surface area contributed by atoms with Crippen LogP contribution in [0.25, 0.3) is 0 Å². The van der Waals surface area contributed by atoms with Crippen molar-refractivity contribution >= 4 is 17.3 Å². The molecule has 2 aromatic rings. The van der Waals surface area contributed by atoms with Crippen LogP contribution in [0.1, 0.15) is 26.4 Å². The minimum atomic E-state index is -0.305. The van der Waals surface area contributed by atoms with Gasteiger partial charge in [0.2, 0.25) is 0 Å². The number of aryl methyl sites for hydroxylation is 1. The Hall–Kier alpha value is -1.65. The number of carbonyl (C=O) groups excluding carboxylic acids is 1. The number of ether oxygens (including phenoxy) is 2. The lowest BCUT2D eigenvalue weighted by atomic mass is 10.1. The maximum absolute atomic E-state index is 12.1. The van der Waals surface area contributed by atoms with Crippen LogP contribution in [0.4, 0.5) is 0 Å². The maximum Gasteiger partial charge on any atom is 0.338 e. The van der Waals surface area contributed by atoms with Gasteiger partial charge in [-0.1, -0.05) is 18.2 Å². The number of thiophene rings is 1. The van der Waals surface area contributed by atoms with Crippen molar-refractivity contribution in [2.24, 2.45) is 0 Å². The summed E-state index contributed by atoms with van der Waals surface area (Å²) >= 11 is 1.60. The summed E-state index contributed by atoms with van der Waals surface area (Å²) in [7, 11) is 1.61. The molecule has 0 aliphatic rings. The van der Waals surface area contributed by atoms with E-state index < -0.39 is 0 Å². The summed E-state index contributed by atoms with van der Waals surface area (Å²) in [4.78, 5) is 13.2. The molecule has 0 bridgehead atoms. The summed E-state index contributed by atoms with van der Waals surface area (Å²) in [6.45, 7) is 2.74. The molecule has 0 saturated carbocycles. The highest BCUT2D eigenvalue weighted by Crippen LogP contribution is 2.18. The van der Waals surface area contributed by atoms with Gasteiger partial charge in [-0.05, 0) is 35.6 Å². The Morgan fingerprint density at radius 2 is 2.00 bits per heavy atom. The molecule has 19 heavy (non-hydrogen) atoms. The van der Waals surface area contributed by atoms with Gasteiger partial charge in [0.05, 0.1) is 12.2 Å². The van der Waals surface area contributed by atoms with Crippen LogP contribution in [0.3, 0.4) is 0 Å². The van der Waals surface area contributed by atoms with Crippen molar-refractivity contribution in [3.05, 3.63) is 57.3 Å². The first kappa shape index (κ1) is 13.8. The Morgan fingerprint density at radius 3 is 2.68 bits per heavy atom. The van der Waals surface area contributed by atoms with Gasteiger partial charge in [-0.25, -0.2) is 4.79 Å². The Morgan fingerprint density at radius 1 is 1.21 bits per heavy atom. The number of hydrogen-bond acceptors (Lipinski definition) is 4. The van der Waals surface area contributed by atoms with Crippen molar-refractivity contribution in [3.8, 4) is 0 Å². The number of benzene rings is 1. The molecule has 1 heterocycles. The largest absolute Gasteiger partial charge is 0.456 e. The fourth-order valence-electron chi connectivity index (χ4n) is 1.76. The second-order valence-electron chi connectivity index (χ2n) is 4.19. The lowest BCUT2D eigenvalue weighted by molar-refractivity contribution is 0.0471. The van der Waals surface area contributed by atoms with E-state index in [1.807, 2.05) is 36.6 Å². The minimum Gasteiger partial charge on any atom is -0.456 e. The minimum absolute atomic E-state index is 0.305. The number of rotatable bonds is 5. The number of methoxy groups -OCH3 is 1. The molecule has 0 unspecified atom stereocenters. The van der Waals surface area contributed by atoms with Gasteiger partial charge in [0.15, 0.2) is 0 Å². The topological polar surface area (TPSA) is 35.5 Å². The van der Waals surface area contributed by atoms with Gasteiger partial charge in [0.1, 0.15) is 6.61 Å². The van der Waals surface area contributed by atoms with Gasteiger partial charge in [0.25, 0.3) is 0 Å². The van der Waals surface area contributed by atoms with Gasteiger partial charge in [0, 0.05) is 12.0 Å². The monoisotopic (exact) mass is 276 g/mol. The fraction of sp³-hybridized carbons (Fsp3) is 0.267. The van der Waals surface area contributed by atoms with E-state index >= 15 is 0 Å². The molecule has 0 saturated heterocycles. The van der Waals surface area contributed by atoms with E-state index in [0.717, 1.165) is 16.0 Å². The fourth-order valence-corrected chi connectivity index (χ4v) is 2.58. The summed E-state index contributed by atoms with van der Waals surface area (Å²) < 4.78 is 10.4. The Labute approximate surface area is 116 Å². The third-order valence-corrected chi connectivity index (χ3v) is 3.84. The van der Waals surface area contributed by atoms with Crippen molar-refractivity contribution in [3.63, 3.8) is 0 Å². The molecule has 0 fully saturated rings. The Balaban J connectivity index is 2.06. The first-order valence-electron chi connectivity index (χ1n) is 5.99. The standard InChI is InChI=1S/C15H16O3S/c1-11-7-8-19-14(11)10-18-15(16)13-6-4-3-5-12(13)9-17-2/h3-8H,9-10H2,1-2H3. The van der Waals surface area contributed by atoms with Gasteiger partial charge in [-0.15, -0.1) is 11.3 Å². The zero-order valence-corrected chi connectivity index (χ0v) is 11.8. The smallest absolute Gasteiger partial charge is 0.338 e. The van der Waals surface area contributed by atoms with Gasteiger partial charge in [-0.3, -0.25) is 0 Å². The van der Waals surface area contributed by atoms with E-state index in [-0.39, 0.29) is 5.97 Å². The highest BCUT2D eigenvalue weighted by molar-refractivity contribution is 7.10. The van der Waals surface area contributed by atoms with Crippen LogP contribution in [0.5, 0.6) is 0 Å². The SMILES string of the molecule is COCc1ccccc1C(=O)OCc1sccc1C. The first-order chi connectivity index (χ1) is 9.22. The van der Waals surface area contributed by atoms with E-state index in [1.54, 1.807) is 24.5 Å². The molecule has 1 aromatic carbocycles. The van der Waals surface area contributed by atoms with E-state index in [2.05, 4.69) is 0 Å². The van der Waals surface area contributed by atoms with Crippen LogP contribution in [-0.2, 0) is 22.7 Å². The first-order valence-corrected chi connectivity index (χ1v) is 6.87. The molecule has 0 amide bonds. The lowest BCUT2D eigenvalue weighted by Gasteiger charge is -2.08. The molecule has 0 aliphatic heterocycles. The van der Waals surface area contributed by atoms with Crippen LogP contribution in [0.15, 0.2) is 35.7 Å². The number of esters is 1.